The van der Waals surface area contributed by atoms with E-state index in [0.717, 1.165) is 27.6 Å². The van der Waals surface area contributed by atoms with Crippen LogP contribution < -0.4 is 16.4 Å². The fourth-order valence-corrected chi connectivity index (χ4v) is 4.33. The Labute approximate surface area is 204 Å². The molecule has 0 bridgehead atoms. The molecule has 9 nitrogen and oxygen atoms in total. The van der Waals surface area contributed by atoms with Crippen LogP contribution in [0.5, 0.6) is 0 Å². The van der Waals surface area contributed by atoms with Gasteiger partial charge in [-0.05, 0) is 45.7 Å². The normalized spacial score (nSPS) is 18.0. The van der Waals surface area contributed by atoms with E-state index >= 15 is 0 Å². The van der Waals surface area contributed by atoms with Crippen molar-refractivity contribution >= 4 is 34.5 Å². The molecule has 1 aromatic carbocycles. The highest BCUT2D eigenvalue weighted by atomic mass is 16.2. The van der Waals surface area contributed by atoms with Gasteiger partial charge in [-0.15, -0.1) is 0 Å². The number of carbonyl (C=O) groups is 4. The summed E-state index contributed by atoms with van der Waals surface area (Å²) in [7, 11) is 0. The van der Waals surface area contributed by atoms with E-state index in [0.29, 0.717) is 13.0 Å². The minimum atomic E-state index is -0.989. The summed E-state index contributed by atoms with van der Waals surface area (Å²) in [6, 6.07) is 5.07. The molecule has 9 heteroatoms. The van der Waals surface area contributed by atoms with Gasteiger partial charge < -0.3 is 26.3 Å². The van der Waals surface area contributed by atoms with Crippen molar-refractivity contribution in [3.05, 3.63) is 59.3 Å². The van der Waals surface area contributed by atoms with Crippen LogP contribution in [0.15, 0.2) is 53.8 Å². The number of aromatic nitrogens is 1. The molecule has 0 aliphatic carbocycles. The Hall–Kier alpha value is -3.88. The van der Waals surface area contributed by atoms with Crippen LogP contribution in [0.25, 0.3) is 10.9 Å². The maximum atomic E-state index is 13.5. The summed E-state index contributed by atoms with van der Waals surface area (Å²) in [5.41, 5.74) is 8.99. The first-order valence-corrected chi connectivity index (χ1v) is 11.6. The molecule has 3 unspecified atom stereocenters. The molecule has 0 radical (unpaired) electrons. The van der Waals surface area contributed by atoms with Crippen molar-refractivity contribution in [1.82, 2.24) is 20.5 Å². The lowest BCUT2D eigenvalue weighted by molar-refractivity contribution is -0.137. The van der Waals surface area contributed by atoms with Crippen molar-refractivity contribution in [2.75, 3.05) is 6.54 Å². The van der Waals surface area contributed by atoms with Crippen LogP contribution in [-0.4, -0.2) is 58.2 Å². The lowest BCUT2D eigenvalue weighted by Gasteiger charge is -2.28. The zero-order valence-corrected chi connectivity index (χ0v) is 20.6. The average Bonchev–Trinajstić information content (AvgIpc) is 3.36. The molecule has 4 amide bonds. The van der Waals surface area contributed by atoms with Gasteiger partial charge in [-0.25, -0.2) is 0 Å². The molecular weight excluding hydrogens is 446 g/mol. The number of fused-ring (bicyclic) bond motifs is 1. The average molecular weight is 480 g/mol. The Bertz CT molecular complexity index is 1190. The van der Waals surface area contributed by atoms with Gasteiger partial charge >= 0.3 is 0 Å². The lowest BCUT2D eigenvalue weighted by Crippen LogP contribution is -2.58. The first-order chi connectivity index (χ1) is 16.6. The van der Waals surface area contributed by atoms with Gasteiger partial charge in [0.25, 0.3) is 0 Å². The molecule has 35 heavy (non-hydrogen) atoms. The zero-order valence-electron chi connectivity index (χ0n) is 20.6. The standard InChI is InChI=1S/C26H33N5O4/c1-15(2)11-22(32)29-20-9-10-31(23(33)12-16(3)4)24(20)26(35)30-21(25(27)34)13-17-14-28-19-8-6-5-7-18(17)19/h5-8,11-12,14,20-21,24,28H,9-10,13H2,1-4H3,(H2,27,34)(H,29,32)(H,30,35). The first-order valence-electron chi connectivity index (χ1n) is 11.6. The summed E-state index contributed by atoms with van der Waals surface area (Å²) in [5, 5.41) is 6.51. The van der Waals surface area contributed by atoms with Crippen molar-refractivity contribution in [3.63, 3.8) is 0 Å². The van der Waals surface area contributed by atoms with Gasteiger partial charge in [0, 0.05) is 42.2 Å². The summed E-state index contributed by atoms with van der Waals surface area (Å²) in [6.07, 6.45) is 5.28. The highest BCUT2D eigenvalue weighted by molar-refractivity contribution is 5.97. The number of rotatable bonds is 8. The molecule has 1 saturated heterocycles. The monoisotopic (exact) mass is 479 g/mol. The number of nitrogens with two attached hydrogens (primary N) is 1. The largest absolute Gasteiger partial charge is 0.368 e. The third-order valence-electron chi connectivity index (χ3n) is 5.87. The smallest absolute Gasteiger partial charge is 0.247 e. The number of allylic oxidation sites excluding steroid dienone is 2. The van der Waals surface area contributed by atoms with Crippen LogP contribution in [0.1, 0.15) is 39.7 Å². The topological polar surface area (TPSA) is 137 Å². The molecule has 1 aromatic heterocycles. The number of nitrogens with zero attached hydrogens (tertiary/aromatic N) is 1. The number of H-pyrrole nitrogens is 1. The number of likely N-dealkylation sites (tertiary alicyclic amines) is 1. The number of benzene rings is 1. The van der Waals surface area contributed by atoms with E-state index in [-0.39, 0.29) is 18.2 Å². The Morgan fingerprint density at radius 2 is 1.80 bits per heavy atom. The van der Waals surface area contributed by atoms with Crippen molar-refractivity contribution < 1.29 is 19.2 Å². The van der Waals surface area contributed by atoms with Gasteiger partial charge in [0.1, 0.15) is 12.1 Å². The zero-order chi connectivity index (χ0) is 25.7. The van der Waals surface area contributed by atoms with E-state index in [1.165, 1.54) is 17.1 Å². The molecule has 3 atom stereocenters. The number of hydrogen-bond donors (Lipinski definition) is 4. The van der Waals surface area contributed by atoms with Crippen LogP contribution in [0.4, 0.5) is 0 Å². The third kappa shape index (κ3) is 6.38. The van der Waals surface area contributed by atoms with Crippen LogP contribution in [-0.2, 0) is 25.6 Å². The minimum Gasteiger partial charge on any atom is -0.368 e. The Kier molecular flexibility index (Phi) is 8.11. The number of amides is 4. The van der Waals surface area contributed by atoms with Crippen molar-refractivity contribution in [3.8, 4) is 0 Å². The molecule has 186 valence electrons. The van der Waals surface area contributed by atoms with E-state index in [1.54, 1.807) is 33.9 Å². The Morgan fingerprint density at radius 3 is 2.46 bits per heavy atom. The summed E-state index contributed by atoms with van der Waals surface area (Å²) >= 11 is 0. The van der Waals surface area contributed by atoms with Gasteiger partial charge in [0.05, 0.1) is 6.04 Å². The van der Waals surface area contributed by atoms with Gasteiger partial charge in [0.15, 0.2) is 0 Å². The number of carbonyl (C=O) groups excluding carboxylic acids is 4. The second-order valence-corrected chi connectivity index (χ2v) is 9.35. The predicted molar refractivity (Wildman–Crippen MR) is 134 cm³/mol. The highest BCUT2D eigenvalue weighted by Crippen LogP contribution is 2.22. The maximum absolute atomic E-state index is 13.5. The molecule has 2 aromatic rings. The predicted octanol–water partition coefficient (Wildman–Crippen LogP) is 1.70. The van der Waals surface area contributed by atoms with Gasteiger partial charge in [-0.1, -0.05) is 29.3 Å². The van der Waals surface area contributed by atoms with E-state index in [2.05, 4.69) is 15.6 Å². The van der Waals surface area contributed by atoms with Crippen molar-refractivity contribution in [1.29, 1.82) is 0 Å². The summed E-state index contributed by atoms with van der Waals surface area (Å²) in [6.45, 7) is 7.48. The van der Waals surface area contributed by atoms with Crippen LogP contribution in [0.3, 0.4) is 0 Å². The molecule has 2 heterocycles. The fourth-order valence-electron chi connectivity index (χ4n) is 4.33. The van der Waals surface area contributed by atoms with Crippen LogP contribution in [0.2, 0.25) is 0 Å². The van der Waals surface area contributed by atoms with Crippen LogP contribution in [0, 0.1) is 0 Å². The molecule has 1 fully saturated rings. The van der Waals surface area contributed by atoms with Crippen molar-refractivity contribution in [2.24, 2.45) is 5.73 Å². The van der Waals surface area contributed by atoms with Crippen molar-refractivity contribution in [2.45, 2.75) is 58.7 Å². The molecule has 5 N–H and O–H groups in total. The Balaban J connectivity index is 1.84. The van der Waals surface area contributed by atoms with Gasteiger partial charge in [-0.3, -0.25) is 19.2 Å². The first kappa shape index (κ1) is 25.7. The summed E-state index contributed by atoms with van der Waals surface area (Å²) in [5.74, 6) is -1.89. The second kappa shape index (κ2) is 11.0. The fraction of sp³-hybridized carbons (Fsp3) is 0.385. The third-order valence-corrected chi connectivity index (χ3v) is 5.87. The summed E-state index contributed by atoms with van der Waals surface area (Å²) in [4.78, 5) is 55.6. The molecule has 1 aliphatic heterocycles. The van der Waals surface area contributed by atoms with Gasteiger partial charge in [0.2, 0.25) is 23.6 Å². The van der Waals surface area contributed by atoms with E-state index in [1.807, 2.05) is 24.3 Å². The summed E-state index contributed by atoms with van der Waals surface area (Å²) < 4.78 is 0. The van der Waals surface area contributed by atoms with E-state index < -0.39 is 29.9 Å². The lowest BCUT2D eigenvalue weighted by atomic mass is 10.0. The van der Waals surface area contributed by atoms with Gasteiger partial charge in [-0.2, -0.15) is 0 Å². The van der Waals surface area contributed by atoms with E-state index in [4.69, 9.17) is 5.73 Å². The SMILES string of the molecule is CC(C)=CC(=O)NC1CCN(C(=O)C=C(C)C)C1C(=O)NC(Cc1c[nH]c2ccccc12)C(N)=O. The van der Waals surface area contributed by atoms with Crippen LogP contribution >= 0.6 is 0 Å². The molecule has 1 aliphatic rings. The number of primary amides is 1. The molecule has 0 spiro atoms. The van der Waals surface area contributed by atoms with E-state index in [9.17, 15) is 19.2 Å². The minimum absolute atomic E-state index is 0.189. The second-order valence-electron chi connectivity index (χ2n) is 9.35. The highest BCUT2D eigenvalue weighted by Gasteiger charge is 2.42. The molecule has 3 rings (SSSR count). The Morgan fingerprint density at radius 1 is 1.11 bits per heavy atom. The molecule has 0 saturated carbocycles. The number of nitrogens with one attached hydrogen (secondary N) is 3. The molecular formula is C26H33N5O4. The number of hydrogen-bond acceptors (Lipinski definition) is 4. The number of aromatic amines is 1. The number of para-hydroxylation sites is 1. The quantitative estimate of drug-likeness (QED) is 0.428. The maximum Gasteiger partial charge on any atom is 0.247 e.